The molecule has 0 aromatic heterocycles. The van der Waals surface area contributed by atoms with E-state index in [9.17, 15) is 0 Å². The first-order chi connectivity index (χ1) is 9.97. The summed E-state index contributed by atoms with van der Waals surface area (Å²) in [5.74, 6) is 1.69. The number of hydrogen-bond acceptors (Lipinski definition) is 3. The minimum Gasteiger partial charge on any atom is -0.496 e. The van der Waals surface area contributed by atoms with Crippen LogP contribution in [0.3, 0.4) is 0 Å². The summed E-state index contributed by atoms with van der Waals surface area (Å²) in [4.78, 5) is 0. The highest BCUT2D eigenvalue weighted by atomic mass is 79.9. The lowest BCUT2D eigenvalue weighted by molar-refractivity contribution is 0.406. The maximum atomic E-state index is 6.44. The van der Waals surface area contributed by atoms with Gasteiger partial charge < -0.3 is 15.2 Å². The van der Waals surface area contributed by atoms with E-state index in [2.05, 4.69) is 28.1 Å². The molecule has 0 aliphatic carbocycles. The molecule has 0 bridgehead atoms. The van der Waals surface area contributed by atoms with Crippen LogP contribution in [0.25, 0.3) is 0 Å². The van der Waals surface area contributed by atoms with E-state index in [-0.39, 0.29) is 6.04 Å². The van der Waals surface area contributed by atoms with Gasteiger partial charge in [0.15, 0.2) is 0 Å². The quantitative estimate of drug-likeness (QED) is 0.902. The zero-order chi connectivity index (χ0) is 15.6. The summed E-state index contributed by atoms with van der Waals surface area (Å²) in [5, 5.41) is 0. The third kappa shape index (κ3) is 3.22. The van der Waals surface area contributed by atoms with Crippen LogP contribution in [0.2, 0.25) is 0 Å². The molecule has 1 unspecified atom stereocenters. The number of aryl methyl sites for hydroxylation is 2. The van der Waals surface area contributed by atoms with E-state index in [0.29, 0.717) is 0 Å². The van der Waals surface area contributed by atoms with Gasteiger partial charge >= 0.3 is 0 Å². The van der Waals surface area contributed by atoms with Crippen molar-refractivity contribution < 1.29 is 9.47 Å². The summed E-state index contributed by atoms with van der Waals surface area (Å²) in [6.07, 6.45) is 0. The second-order valence-corrected chi connectivity index (χ2v) is 5.97. The van der Waals surface area contributed by atoms with E-state index in [4.69, 9.17) is 15.2 Å². The number of nitrogens with two attached hydrogens (primary N) is 1. The normalized spacial score (nSPS) is 12.1. The van der Waals surface area contributed by atoms with Gasteiger partial charge in [-0.2, -0.15) is 0 Å². The minimum atomic E-state index is -0.239. The van der Waals surface area contributed by atoms with Crippen molar-refractivity contribution in [3.8, 4) is 11.5 Å². The van der Waals surface area contributed by atoms with Crippen LogP contribution in [0, 0.1) is 13.8 Å². The molecule has 1 atom stereocenters. The van der Waals surface area contributed by atoms with Crippen molar-refractivity contribution in [2.45, 2.75) is 19.9 Å². The highest BCUT2D eigenvalue weighted by Gasteiger charge is 2.16. The number of rotatable bonds is 4. The first-order valence-corrected chi connectivity index (χ1v) is 7.51. The monoisotopic (exact) mass is 349 g/mol. The molecule has 0 radical (unpaired) electrons. The standard InChI is InChI=1S/C17H20BrNO2/c1-10-7-12(8-11(2)17(10)21-4)16(19)14-6-5-13(18)9-15(14)20-3/h5-9,16H,19H2,1-4H3. The van der Waals surface area contributed by atoms with Crippen LogP contribution in [-0.2, 0) is 0 Å². The van der Waals surface area contributed by atoms with Crippen molar-refractivity contribution in [1.29, 1.82) is 0 Å². The molecule has 2 N–H and O–H groups in total. The van der Waals surface area contributed by atoms with Gasteiger partial charge in [-0.25, -0.2) is 0 Å². The SMILES string of the molecule is COc1cc(Br)ccc1C(N)c1cc(C)c(OC)c(C)c1. The second kappa shape index (κ2) is 6.50. The van der Waals surface area contributed by atoms with E-state index >= 15 is 0 Å². The fraction of sp³-hybridized carbons (Fsp3) is 0.294. The Morgan fingerprint density at radius 2 is 1.62 bits per heavy atom. The summed E-state index contributed by atoms with van der Waals surface area (Å²) in [5.41, 5.74) is 10.6. The smallest absolute Gasteiger partial charge is 0.125 e. The van der Waals surface area contributed by atoms with E-state index < -0.39 is 0 Å². The zero-order valence-corrected chi connectivity index (χ0v) is 14.3. The molecule has 0 aliphatic rings. The molecule has 0 heterocycles. The number of hydrogen-bond donors (Lipinski definition) is 1. The van der Waals surface area contributed by atoms with Gasteiger partial charge in [0.1, 0.15) is 11.5 Å². The molecular weight excluding hydrogens is 330 g/mol. The van der Waals surface area contributed by atoms with Crippen molar-refractivity contribution in [3.05, 3.63) is 57.1 Å². The summed E-state index contributed by atoms with van der Waals surface area (Å²) >= 11 is 3.45. The van der Waals surface area contributed by atoms with Crippen molar-refractivity contribution in [2.75, 3.05) is 14.2 Å². The van der Waals surface area contributed by atoms with Gasteiger partial charge in [0.25, 0.3) is 0 Å². The average molecular weight is 350 g/mol. The van der Waals surface area contributed by atoms with E-state index in [1.165, 1.54) is 0 Å². The Morgan fingerprint density at radius 1 is 1.00 bits per heavy atom. The average Bonchev–Trinajstić information content (AvgIpc) is 2.46. The van der Waals surface area contributed by atoms with Gasteiger partial charge in [0.05, 0.1) is 20.3 Å². The second-order valence-electron chi connectivity index (χ2n) is 5.05. The van der Waals surface area contributed by atoms with Crippen molar-refractivity contribution in [2.24, 2.45) is 5.73 Å². The van der Waals surface area contributed by atoms with E-state index in [1.807, 2.05) is 32.0 Å². The predicted molar refractivity (Wildman–Crippen MR) is 89.2 cm³/mol. The fourth-order valence-electron chi connectivity index (χ4n) is 2.61. The van der Waals surface area contributed by atoms with Gasteiger partial charge in [-0.05, 0) is 42.7 Å². The lowest BCUT2D eigenvalue weighted by Gasteiger charge is -2.19. The van der Waals surface area contributed by atoms with E-state index in [1.54, 1.807) is 14.2 Å². The highest BCUT2D eigenvalue weighted by molar-refractivity contribution is 9.10. The van der Waals surface area contributed by atoms with Crippen LogP contribution < -0.4 is 15.2 Å². The lowest BCUT2D eigenvalue weighted by Crippen LogP contribution is -2.14. The molecule has 0 saturated heterocycles. The van der Waals surface area contributed by atoms with Crippen molar-refractivity contribution in [3.63, 3.8) is 0 Å². The third-order valence-corrected chi connectivity index (χ3v) is 4.07. The molecule has 4 heteroatoms. The maximum absolute atomic E-state index is 6.44. The molecule has 2 aromatic carbocycles. The van der Waals surface area contributed by atoms with Crippen LogP contribution in [0.4, 0.5) is 0 Å². The zero-order valence-electron chi connectivity index (χ0n) is 12.7. The molecule has 0 fully saturated rings. The fourth-order valence-corrected chi connectivity index (χ4v) is 2.95. The predicted octanol–water partition coefficient (Wildman–Crippen LogP) is 4.13. The molecule has 2 aromatic rings. The van der Waals surface area contributed by atoms with Crippen LogP contribution in [0.1, 0.15) is 28.3 Å². The summed E-state index contributed by atoms with van der Waals surface area (Å²) in [6.45, 7) is 4.06. The Morgan fingerprint density at radius 3 is 2.14 bits per heavy atom. The Bertz CT molecular complexity index is 632. The lowest BCUT2D eigenvalue weighted by atomic mass is 9.95. The van der Waals surface area contributed by atoms with E-state index in [0.717, 1.165) is 38.2 Å². The first kappa shape index (κ1) is 15.9. The molecule has 3 nitrogen and oxygen atoms in total. The number of ether oxygens (including phenoxy) is 2. The van der Waals surface area contributed by atoms with Crippen molar-refractivity contribution in [1.82, 2.24) is 0 Å². The van der Waals surface area contributed by atoms with Gasteiger partial charge in [-0.3, -0.25) is 0 Å². The topological polar surface area (TPSA) is 44.5 Å². The van der Waals surface area contributed by atoms with Gasteiger partial charge in [0, 0.05) is 10.0 Å². The molecule has 21 heavy (non-hydrogen) atoms. The highest BCUT2D eigenvalue weighted by Crippen LogP contribution is 2.33. The maximum Gasteiger partial charge on any atom is 0.125 e. The summed E-state index contributed by atoms with van der Waals surface area (Å²) < 4.78 is 11.8. The molecule has 0 amide bonds. The molecular formula is C17H20BrNO2. The van der Waals surface area contributed by atoms with Crippen molar-refractivity contribution >= 4 is 15.9 Å². The van der Waals surface area contributed by atoms with Crippen LogP contribution >= 0.6 is 15.9 Å². The van der Waals surface area contributed by atoms with Gasteiger partial charge in [-0.15, -0.1) is 0 Å². The summed E-state index contributed by atoms with van der Waals surface area (Å²) in [6, 6.07) is 9.79. The number of benzene rings is 2. The minimum absolute atomic E-state index is 0.239. The Balaban J connectivity index is 2.47. The molecule has 0 saturated carbocycles. The van der Waals surface area contributed by atoms with Crippen LogP contribution in [0.15, 0.2) is 34.8 Å². The Hall–Kier alpha value is -1.52. The van der Waals surface area contributed by atoms with Crippen LogP contribution in [0.5, 0.6) is 11.5 Å². The Kier molecular flexibility index (Phi) is 4.91. The largest absolute Gasteiger partial charge is 0.496 e. The number of methoxy groups -OCH3 is 2. The third-order valence-electron chi connectivity index (χ3n) is 3.58. The summed E-state index contributed by atoms with van der Waals surface area (Å²) in [7, 11) is 3.34. The molecule has 112 valence electrons. The van der Waals surface area contributed by atoms with Gasteiger partial charge in [0.2, 0.25) is 0 Å². The Labute approximate surface area is 134 Å². The number of halogens is 1. The molecule has 2 rings (SSSR count). The molecule has 0 spiro atoms. The van der Waals surface area contributed by atoms with Crippen LogP contribution in [-0.4, -0.2) is 14.2 Å². The molecule has 0 aliphatic heterocycles. The first-order valence-electron chi connectivity index (χ1n) is 6.72. The van der Waals surface area contributed by atoms with Gasteiger partial charge in [-0.1, -0.05) is 34.1 Å².